The van der Waals surface area contributed by atoms with Crippen LogP contribution in [0.3, 0.4) is 0 Å². The van der Waals surface area contributed by atoms with Crippen LogP contribution in [0, 0.1) is 0 Å². The summed E-state index contributed by atoms with van der Waals surface area (Å²) in [4.78, 5) is 20.6. The molecular weight excluding hydrogens is 412 g/mol. The zero-order valence-corrected chi connectivity index (χ0v) is 18.2. The number of para-hydroxylation sites is 1. The van der Waals surface area contributed by atoms with E-state index in [0.29, 0.717) is 0 Å². The van der Waals surface area contributed by atoms with Crippen molar-refractivity contribution in [2.24, 2.45) is 7.05 Å². The number of nitrogens with one attached hydrogen (secondary N) is 1. The summed E-state index contributed by atoms with van der Waals surface area (Å²) in [6, 6.07) is 16.6. The van der Waals surface area contributed by atoms with Crippen LogP contribution in [0.15, 0.2) is 60.9 Å². The molecule has 7 nitrogen and oxygen atoms in total. The molecule has 0 bridgehead atoms. The van der Waals surface area contributed by atoms with E-state index in [4.69, 9.17) is 9.72 Å². The molecule has 7 heteroatoms. The summed E-state index contributed by atoms with van der Waals surface area (Å²) in [5.74, 6) is 2.04. The first-order chi connectivity index (χ1) is 16.3. The molecule has 5 heterocycles. The maximum Gasteiger partial charge on any atom is 0.142 e. The van der Waals surface area contributed by atoms with Crippen molar-refractivity contribution in [1.29, 1.82) is 0 Å². The van der Waals surface area contributed by atoms with Crippen LogP contribution >= 0.6 is 0 Å². The number of rotatable bonds is 2. The molecule has 0 atom stereocenters. The van der Waals surface area contributed by atoms with Gasteiger partial charge in [-0.25, -0.2) is 4.98 Å². The minimum absolute atomic E-state index is 0.730. The number of aryl methyl sites for hydroxylation is 1. The Kier molecular flexibility index (Phi) is 3.95. The van der Waals surface area contributed by atoms with Gasteiger partial charge in [-0.05, 0) is 30.3 Å². The number of hydrogen-bond acceptors (Lipinski definition) is 5. The lowest BCUT2D eigenvalue weighted by Gasteiger charge is -2.30. The fourth-order valence-electron chi connectivity index (χ4n) is 5.22. The largest absolute Gasteiger partial charge is 0.378 e. The molecule has 33 heavy (non-hydrogen) atoms. The third-order valence-electron chi connectivity index (χ3n) is 6.69. The molecule has 162 valence electrons. The highest BCUT2D eigenvalue weighted by Gasteiger charge is 2.26. The quantitative estimate of drug-likeness (QED) is 0.402. The Morgan fingerprint density at radius 2 is 1.52 bits per heavy atom. The van der Waals surface area contributed by atoms with E-state index in [1.165, 1.54) is 16.7 Å². The highest BCUT2D eigenvalue weighted by atomic mass is 16.5. The fourth-order valence-corrected chi connectivity index (χ4v) is 5.22. The summed E-state index contributed by atoms with van der Waals surface area (Å²) >= 11 is 0. The maximum atomic E-state index is 5.64. The first-order valence-electron chi connectivity index (χ1n) is 11.2. The summed E-state index contributed by atoms with van der Waals surface area (Å²) in [7, 11) is 2.14. The number of aromatic nitrogens is 5. The Hall–Kier alpha value is -3.97. The van der Waals surface area contributed by atoms with Crippen molar-refractivity contribution in [2.45, 2.75) is 0 Å². The van der Waals surface area contributed by atoms with E-state index in [1.54, 1.807) is 0 Å². The summed E-state index contributed by atoms with van der Waals surface area (Å²) < 4.78 is 7.92. The summed E-state index contributed by atoms with van der Waals surface area (Å²) in [6.07, 6.45) is 3.64. The summed E-state index contributed by atoms with van der Waals surface area (Å²) in [5.41, 5.74) is 6.00. The van der Waals surface area contributed by atoms with Crippen molar-refractivity contribution in [3.8, 4) is 11.4 Å². The van der Waals surface area contributed by atoms with Crippen LogP contribution in [0.25, 0.3) is 55.1 Å². The van der Waals surface area contributed by atoms with Crippen molar-refractivity contribution in [2.75, 3.05) is 31.2 Å². The van der Waals surface area contributed by atoms with E-state index in [2.05, 4.69) is 67.9 Å². The number of ether oxygens (including phenoxy) is 1. The molecule has 0 radical (unpaired) electrons. The zero-order chi connectivity index (χ0) is 21.9. The molecule has 1 saturated heterocycles. The van der Waals surface area contributed by atoms with Gasteiger partial charge in [-0.15, -0.1) is 0 Å². The molecule has 1 aliphatic rings. The average Bonchev–Trinajstić information content (AvgIpc) is 3.45. The standard InChI is InChI=1S/C26H22N6O/c1-31-19-9-3-2-6-16(19)20(26(31)32-12-14-33-15-13-32)25-29-23-17-7-4-10-27-21(17)22-18(24(23)30-25)8-5-11-28-22/h2-11H,12-15H2,1H3,(H,29,30). The molecule has 4 aromatic heterocycles. The number of nitrogens with zero attached hydrogens (tertiary/aromatic N) is 5. The second-order valence-electron chi connectivity index (χ2n) is 8.48. The first kappa shape index (κ1) is 18.6. The third kappa shape index (κ3) is 2.63. The molecule has 0 amide bonds. The molecule has 0 unspecified atom stereocenters. The van der Waals surface area contributed by atoms with E-state index in [1.807, 2.05) is 24.5 Å². The van der Waals surface area contributed by atoms with Crippen LogP contribution in [-0.2, 0) is 11.8 Å². The van der Waals surface area contributed by atoms with Crippen molar-refractivity contribution < 1.29 is 4.74 Å². The second kappa shape index (κ2) is 7.02. The number of imidazole rings is 1. The molecule has 7 rings (SSSR count). The van der Waals surface area contributed by atoms with Gasteiger partial charge in [-0.2, -0.15) is 0 Å². The Bertz CT molecular complexity index is 1600. The van der Waals surface area contributed by atoms with Crippen LogP contribution in [0.4, 0.5) is 5.82 Å². The smallest absolute Gasteiger partial charge is 0.142 e. The number of benzene rings is 2. The van der Waals surface area contributed by atoms with E-state index in [-0.39, 0.29) is 0 Å². The Morgan fingerprint density at radius 3 is 2.33 bits per heavy atom. The molecule has 2 aromatic carbocycles. The van der Waals surface area contributed by atoms with Crippen LogP contribution < -0.4 is 4.90 Å². The molecular formula is C26H22N6O. The molecule has 1 N–H and O–H groups in total. The van der Waals surface area contributed by atoms with E-state index >= 15 is 0 Å². The lowest BCUT2D eigenvalue weighted by atomic mass is 10.1. The van der Waals surface area contributed by atoms with Crippen molar-refractivity contribution in [3.63, 3.8) is 0 Å². The monoisotopic (exact) mass is 434 g/mol. The van der Waals surface area contributed by atoms with Gasteiger partial charge >= 0.3 is 0 Å². The van der Waals surface area contributed by atoms with Crippen LogP contribution in [0.2, 0.25) is 0 Å². The number of fused-ring (bicyclic) bond motifs is 7. The predicted octanol–water partition coefficient (Wildman–Crippen LogP) is 4.65. The van der Waals surface area contributed by atoms with Gasteiger partial charge in [-0.3, -0.25) is 9.97 Å². The number of H-pyrrole nitrogens is 1. The van der Waals surface area contributed by atoms with Gasteiger partial charge in [0.2, 0.25) is 0 Å². The van der Waals surface area contributed by atoms with Crippen LogP contribution in [0.5, 0.6) is 0 Å². The van der Waals surface area contributed by atoms with E-state index in [9.17, 15) is 0 Å². The van der Waals surface area contributed by atoms with Crippen LogP contribution in [0.1, 0.15) is 0 Å². The van der Waals surface area contributed by atoms with E-state index in [0.717, 1.165) is 70.5 Å². The van der Waals surface area contributed by atoms with E-state index < -0.39 is 0 Å². The fraction of sp³-hybridized carbons (Fsp3) is 0.192. The maximum absolute atomic E-state index is 5.64. The number of hydrogen-bond donors (Lipinski definition) is 1. The minimum Gasteiger partial charge on any atom is -0.378 e. The van der Waals surface area contributed by atoms with Gasteiger partial charge in [-0.1, -0.05) is 18.2 Å². The van der Waals surface area contributed by atoms with Gasteiger partial charge in [0.15, 0.2) is 0 Å². The lowest BCUT2D eigenvalue weighted by molar-refractivity contribution is 0.122. The van der Waals surface area contributed by atoms with Crippen molar-refractivity contribution in [1.82, 2.24) is 24.5 Å². The Morgan fingerprint density at radius 1 is 0.818 bits per heavy atom. The lowest BCUT2D eigenvalue weighted by Crippen LogP contribution is -2.37. The van der Waals surface area contributed by atoms with Gasteiger partial charge in [0.05, 0.1) is 46.4 Å². The Balaban J connectivity index is 1.59. The molecule has 0 saturated carbocycles. The molecule has 0 spiro atoms. The summed E-state index contributed by atoms with van der Waals surface area (Å²) in [5, 5.41) is 3.23. The summed E-state index contributed by atoms with van der Waals surface area (Å²) in [6.45, 7) is 3.18. The van der Waals surface area contributed by atoms with Gasteiger partial charge < -0.3 is 19.2 Å². The van der Waals surface area contributed by atoms with Crippen molar-refractivity contribution >= 4 is 49.6 Å². The van der Waals surface area contributed by atoms with Crippen LogP contribution in [-0.4, -0.2) is 50.8 Å². The molecule has 1 aliphatic heterocycles. The van der Waals surface area contributed by atoms with Gasteiger partial charge in [0.25, 0.3) is 0 Å². The number of anilines is 1. The Labute approximate surface area is 189 Å². The van der Waals surface area contributed by atoms with Crippen molar-refractivity contribution in [3.05, 3.63) is 60.9 Å². The number of aromatic amines is 1. The highest BCUT2D eigenvalue weighted by molar-refractivity contribution is 6.21. The number of pyridine rings is 2. The first-order valence-corrected chi connectivity index (χ1v) is 11.2. The zero-order valence-electron chi connectivity index (χ0n) is 18.2. The molecule has 0 aliphatic carbocycles. The average molecular weight is 435 g/mol. The topological polar surface area (TPSA) is 71.9 Å². The highest BCUT2D eigenvalue weighted by Crippen LogP contribution is 2.41. The normalized spacial score (nSPS) is 14.8. The predicted molar refractivity (Wildman–Crippen MR) is 132 cm³/mol. The minimum atomic E-state index is 0.730. The molecule has 6 aromatic rings. The van der Waals surface area contributed by atoms with Gasteiger partial charge in [0.1, 0.15) is 11.6 Å². The SMILES string of the molecule is Cn1c(N2CCOCC2)c(-c2nc3c4cccnc4c4ncccc4c3[nH]2)c2ccccc21. The molecule has 1 fully saturated rings. The number of morpholine rings is 1. The second-order valence-corrected chi connectivity index (χ2v) is 8.48. The van der Waals surface area contributed by atoms with Gasteiger partial charge in [0, 0.05) is 48.7 Å². The third-order valence-corrected chi connectivity index (χ3v) is 6.69.